The quantitative estimate of drug-likeness (QED) is 0.563. The van der Waals surface area contributed by atoms with E-state index in [1.54, 1.807) is 30.0 Å². The number of hydrogen-bond donors (Lipinski definition) is 1. The van der Waals surface area contributed by atoms with E-state index in [2.05, 4.69) is 5.32 Å². The molecule has 1 aromatic heterocycles. The molecule has 1 N–H and O–H groups in total. The number of aryl methyl sites for hydroxylation is 1. The summed E-state index contributed by atoms with van der Waals surface area (Å²) in [6.45, 7) is 4.24. The van der Waals surface area contributed by atoms with Gasteiger partial charge in [-0.15, -0.1) is 11.3 Å². The molecule has 2 heterocycles. The number of thiophene rings is 1. The summed E-state index contributed by atoms with van der Waals surface area (Å²) in [7, 11) is 0. The summed E-state index contributed by atoms with van der Waals surface area (Å²) in [5.74, 6) is -0.230. The average molecular weight is 451 g/mol. The molecule has 0 radical (unpaired) electrons. The fraction of sp³-hybridized carbons (Fsp3) is 0.208. The van der Waals surface area contributed by atoms with E-state index in [1.807, 2.05) is 43.3 Å². The summed E-state index contributed by atoms with van der Waals surface area (Å²) in [5, 5.41) is 3.27. The van der Waals surface area contributed by atoms with E-state index in [9.17, 15) is 14.4 Å². The van der Waals surface area contributed by atoms with Gasteiger partial charge in [0.15, 0.2) is 6.61 Å². The monoisotopic (exact) mass is 450 g/mol. The van der Waals surface area contributed by atoms with Crippen LogP contribution in [0.3, 0.4) is 0 Å². The molecule has 0 unspecified atom stereocenters. The van der Waals surface area contributed by atoms with Gasteiger partial charge in [-0.1, -0.05) is 24.3 Å². The Morgan fingerprint density at radius 1 is 1.16 bits per heavy atom. The van der Waals surface area contributed by atoms with Crippen molar-refractivity contribution in [2.75, 3.05) is 23.4 Å². The SMILES string of the molecule is CCOC(=O)c1cc(C)sc1NC(=O)c1ccc(CN2C(=O)COc3ccccc32)cc1. The first-order chi connectivity index (χ1) is 15.5. The van der Waals surface area contributed by atoms with Crippen molar-refractivity contribution in [2.45, 2.75) is 20.4 Å². The predicted octanol–water partition coefficient (Wildman–Crippen LogP) is 4.41. The number of carbonyl (C=O) groups is 3. The molecule has 2 amide bonds. The molecule has 4 rings (SSSR count). The van der Waals surface area contributed by atoms with Gasteiger partial charge in [0.1, 0.15) is 10.8 Å². The highest BCUT2D eigenvalue weighted by molar-refractivity contribution is 7.16. The van der Waals surface area contributed by atoms with Gasteiger partial charge in [-0.3, -0.25) is 9.59 Å². The molecule has 0 spiro atoms. The van der Waals surface area contributed by atoms with Gasteiger partial charge >= 0.3 is 5.97 Å². The highest BCUT2D eigenvalue weighted by Crippen LogP contribution is 2.33. The van der Waals surface area contributed by atoms with Crippen LogP contribution in [-0.4, -0.2) is 31.0 Å². The number of benzene rings is 2. The largest absolute Gasteiger partial charge is 0.482 e. The van der Waals surface area contributed by atoms with Crippen LogP contribution in [0.15, 0.2) is 54.6 Å². The first kappa shape index (κ1) is 21.6. The lowest BCUT2D eigenvalue weighted by atomic mass is 10.1. The minimum absolute atomic E-state index is 0.000528. The van der Waals surface area contributed by atoms with E-state index in [4.69, 9.17) is 9.47 Å². The second-order valence-electron chi connectivity index (χ2n) is 7.21. The molecule has 1 aliphatic heterocycles. The van der Waals surface area contributed by atoms with Crippen LogP contribution in [0.25, 0.3) is 0 Å². The van der Waals surface area contributed by atoms with E-state index >= 15 is 0 Å². The van der Waals surface area contributed by atoms with E-state index in [-0.39, 0.29) is 25.0 Å². The molecule has 8 heteroatoms. The van der Waals surface area contributed by atoms with Gasteiger partial charge in [0.05, 0.1) is 24.4 Å². The number of amides is 2. The maximum Gasteiger partial charge on any atom is 0.341 e. The van der Waals surface area contributed by atoms with Crippen LogP contribution in [0.1, 0.15) is 38.1 Å². The maximum atomic E-state index is 12.7. The molecule has 0 saturated carbocycles. The smallest absolute Gasteiger partial charge is 0.341 e. The van der Waals surface area contributed by atoms with E-state index in [0.717, 1.165) is 16.1 Å². The van der Waals surface area contributed by atoms with Crippen LogP contribution in [0.4, 0.5) is 10.7 Å². The topological polar surface area (TPSA) is 84.9 Å². The summed E-state index contributed by atoms with van der Waals surface area (Å²) in [4.78, 5) is 39.8. The number of nitrogens with one attached hydrogen (secondary N) is 1. The number of nitrogens with zero attached hydrogens (tertiary/aromatic N) is 1. The van der Waals surface area contributed by atoms with Crippen molar-refractivity contribution in [1.82, 2.24) is 0 Å². The molecular formula is C24H22N2O5S. The Hall–Kier alpha value is -3.65. The average Bonchev–Trinajstić information content (AvgIpc) is 3.16. The van der Waals surface area contributed by atoms with E-state index < -0.39 is 5.97 Å². The molecule has 0 atom stereocenters. The zero-order valence-corrected chi connectivity index (χ0v) is 18.5. The first-order valence-corrected chi connectivity index (χ1v) is 11.0. The van der Waals surface area contributed by atoms with Gasteiger partial charge in [0.25, 0.3) is 11.8 Å². The molecule has 1 aliphatic rings. The van der Waals surface area contributed by atoms with Crippen molar-refractivity contribution in [2.24, 2.45) is 0 Å². The van der Waals surface area contributed by atoms with Crippen LogP contribution in [0.5, 0.6) is 5.75 Å². The van der Waals surface area contributed by atoms with Crippen LogP contribution >= 0.6 is 11.3 Å². The number of esters is 1. The highest BCUT2D eigenvalue weighted by Gasteiger charge is 2.25. The second-order valence-corrected chi connectivity index (χ2v) is 8.46. The third-order valence-electron chi connectivity index (χ3n) is 4.94. The molecule has 0 aliphatic carbocycles. The Labute approximate surface area is 189 Å². The van der Waals surface area contributed by atoms with Gasteiger partial charge < -0.3 is 19.7 Å². The number of rotatable bonds is 6. The minimum Gasteiger partial charge on any atom is -0.482 e. The number of para-hydroxylation sites is 2. The Morgan fingerprint density at radius 2 is 1.91 bits per heavy atom. The zero-order valence-electron chi connectivity index (χ0n) is 17.7. The fourth-order valence-electron chi connectivity index (χ4n) is 3.41. The highest BCUT2D eigenvalue weighted by atomic mass is 32.1. The summed E-state index contributed by atoms with van der Waals surface area (Å²) in [6.07, 6.45) is 0. The number of ether oxygens (including phenoxy) is 2. The minimum atomic E-state index is -0.460. The molecule has 32 heavy (non-hydrogen) atoms. The van der Waals surface area contributed by atoms with Crippen molar-refractivity contribution in [3.8, 4) is 5.75 Å². The first-order valence-electron chi connectivity index (χ1n) is 10.2. The van der Waals surface area contributed by atoms with Gasteiger partial charge in [-0.2, -0.15) is 0 Å². The summed E-state index contributed by atoms with van der Waals surface area (Å²) >= 11 is 1.32. The fourth-order valence-corrected chi connectivity index (χ4v) is 4.31. The van der Waals surface area contributed by atoms with Crippen molar-refractivity contribution in [3.05, 3.63) is 76.2 Å². The molecule has 164 valence electrons. The molecule has 2 aromatic carbocycles. The zero-order chi connectivity index (χ0) is 22.7. The van der Waals surface area contributed by atoms with Gasteiger partial charge in [0.2, 0.25) is 0 Å². The molecular weight excluding hydrogens is 428 g/mol. The predicted molar refractivity (Wildman–Crippen MR) is 123 cm³/mol. The Balaban J connectivity index is 1.47. The Bertz CT molecular complexity index is 1170. The number of carbonyl (C=O) groups excluding carboxylic acids is 3. The number of fused-ring (bicyclic) bond motifs is 1. The summed E-state index contributed by atoms with van der Waals surface area (Å²) in [6, 6.07) is 16.1. The number of anilines is 2. The number of hydrogen-bond acceptors (Lipinski definition) is 6. The van der Waals surface area contributed by atoms with Gasteiger partial charge in [-0.05, 0) is 49.7 Å². The van der Waals surface area contributed by atoms with Crippen LogP contribution in [0.2, 0.25) is 0 Å². The van der Waals surface area contributed by atoms with E-state index in [1.165, 1.54) is 11.3 Å². The van der Waals surface area contributed by atoms with Gasteiger partial charge in [-0.25, -0.2) is 4.79 Å². The lowest BCUT2D eigenvalue weighted by Crippen LogP contribution is -2.38. The third-order valence-corrected chi connectivity index (χ3v) is 5.91. The van der Waals surface area contributed by atoms with Gasteiger partial charge in [0, 0.05) is 10.4 Å². The second kappa shape index (κ2) is 9.23. The van der Waals surface area contributed by atoms with Crippen LogP contribution < -0.4 is 15.0 Å². The van der Waals surface area contributed by atoms with Crippen molar-refractivity contribution >= 4 is 39.8 Å². The maximum absolute atomic E-state index is 12.7. The molecule has 3 aromatic rings. The third kappa shape index (κ3) is 4.50. The molecule has 0 bridgehead atoms. The van der Waals surface area contributed by atoms with Crippen molar-refractivity contribution in [1.29, 1.82) is 0 Å². The van der Waals surface area contributed by atoms with Crippen LogP contribution in [-0.2, 0) is 16.1 Å². The summed E-state index contributed by atoms with van der Waals surface area (Å²) < 4.78 is 10.5. The van der Waals surface area contributed by atoms with Crippen LogP contribution in [0, 0.1) is 6.92 Å². The van der Waals surface area contributed by atoms with E-state index in [0.29, 0.717) is 28.4 Å². The lowest BCUT2D eigenvalue weighted by Gasteiger charge is -2.29. The Morgan fingerprint density at radius 3 is 2.66 bits per heavy atom. The molecule has 0 fully saturated rings. The lowest BCUT2D eigenvalue weighted by molar-refractivity contribution is -0.121. The summed E-state index contributed by atoms with van der Waals surface area (Å²) in [5.41, 5.74) is 2.41. The molecule has 0 saturated heterocycles. The Kier molecular flexibility index (Phi) is 6.23. The molecule has 7 nitrogen and oxygen atoms in total. The van der Waals surface area contributed by atoms with Crippen molar-refractivity contribution < 1.29 is 23.9 Å². The normalized spacial score (nSPS) is 12.7. The standard InChI is InChI=1S/C24H22N2O5S/c1-3-30-24(29)18-12-15(2)32-23(18)25-22(28)17-10-8-16(9-11-17)13-26-19-6-4-5-7-20(19)31-14-21(26)27/h4-12H,3,13-14H2,1-2H3,(H,25,28). The van der Waals surface area contributed by atoms with Crippen molar-refractivity contribution in [3.63, 3.8) is 0 Å².